The van der Waals surface area contributed by atoms with Crippen molar-refractivity contribution < 1.29 is 10.2 Å². The number of aliphatic hydroxyl groups is 2. The Balaban J connectivity index is 0.000000137. The van der Waals surface area contributed by atoms with Crippen LogP contribution in [0.2, 0.25) is 0 Å². The molecular weight excluding hydrogens is 512 g/mol. The van der Waals surface area contributed by atoms with Crippen molar-refractivity contribution in [3.63, 3.8) is 0 Å². The number of aliphatic hydroxyl groups excluding tert-OH is 2. The third-order valence-corrected chi connectivity index (χ3v) is 16.1. The molecule has 0 bridgehead atoms. The van der Waals surface area contributed by atoms with Crippen molar-refractivity contribution in [2.24, 2.45) is 57.2 Å². The lowest BCUT2D eigenvalue weighted by molar-refractivity contribution is -0.0313. The number of rotatable bonds is 0. The Bertz CT molecular complexity index is 1100. The fraction of sp³-hybridized carbons (Fsp3) is 0.800. The van der Waals surface area contributed by atoms with E-state index in [0.717, 1.165) is 48.3 Å². The first kappa shape index (κ1) is 29.6. The van der Waals surface area contributed by atoms with E-state index in [2.05, 4.69) is 53.0 Å². The van der Waals surface area contributed by atoms with Crippen LogP contribution in [0.4, 0.5) is 0 Å². The minimum Gasteiger partial charge on any atom is -0.389 e. The van der Waals surface area contributed by atoms with E-state index in [1.54, 1.807) is 11.1 Å². The van der Waals surface area contributed by atoms with Crippen LogP contribution in [0.25, 0.3) is 0 Å². The summed E-state index contributed by atoms with van der Waals surface area (Å²) in [5, 5.41) is 20.0. The molecule has 0 saturated heterocycles. The molecule has 0 aliphatic heterocycles. The zero-order chi connectivity index (χ0) is 29.7. The van der Waals surface area contributed by atoms with Gasteiger partial charge in [0.25, 0.3) is 0 Å². The Morgan fingerprint density at radius 3 is 1.26 bits per heavy atom. The highest BCUT2D eigenvalue weighted by Crippen LogP contribution is 2.68. The van der Waals surface area contributed by atoms with Gasteiger partial charge in [0.1, 0.15) is 0 Å². The maximum atomic E-state index is 10.00. The maximum Gasteiger partial charge on any atom is 0.0724 e. The van der Waals surface area contributed by atoms with Crippen LogP contribution in [-0.2, 0) is 0 Å². The van der Waals surface area contributed by atoms with E-state index in [1.807, 2.05) is 0 Å². The molecule has 0 aromatic carbocycles. The molecule has 42 heavy (non-hydrogen) atoms. The van der Waals surface area contributed by atoms with Gasteiger partial charge in [0.2, 0.25) is 0 Å². The molecule has 0 unspecified atom stereocenters. The Kier molecular flexibility index (Phi) is 7.18. The molecule has 8 rings (SSSR count). The van der Waals surface area contributed by atoms with E-state index < -0.39 is 0 Å². The van der Waals surface area contributed by atoms with Gasteiger partial charge in [-0.2, -0.15) is 0 Å². The van der Waals surface area contributed by atoms with Crippen LogP contribution in [0.1, 0.15) is 130 Å². The van der Waals surface area contributed by atoms with Crippen LogP contribution in [-0.4, -0.2) is 22.4 Å². The van der Waals surface area contributed by atoms with Crippen molar-refractivity contribution in [3.8, 4) is 0 Å². The third kappa shape index (κ3) is 4.23. The Morgan fingerprint density at radius 2 is 0.857 bits per heavy atom. The molecule has 0 spiro atoms. The molecule has 0 aromatic heterocycles. The monoisotopic (exact) mass is 572 g/mol. The minimum absolute atomic E-state index is 0.176. The molecule has 8 aliphatic rings. The molecule has 232 valence electrons. The van der Waals surface area contributed by atoms with Crippen molar-refractivity contribution in [3.05, 3.63) is 47.6 Å². The summed E-state index contributed by atoms with van der Waals surface area (Å²) in [5.41, 5.74) is 7.89. The van der Waals surface area contributed by atoms with Gasteiger partial charge < -0.3 is 10.2 Å². The van der Waals surface area contributed by atoms with Gasteiger partial charge in [-0.05, 0) is 160 Å². The van der Waals surface area contributed by atoms with Crippen molar-refractivity contribution in [1.82, 2.24) is 0 Å². The summed E-state index contributed by atoms with van der Waals surface area (Å²) in [6.07, 6.45) is 24.3. The molecule has 6 saturated carbocycles. The molecule has 2 nitrogen and oxygen atoms in total. The highest BCUT2D eigenvalue weighted by molar-refractivity contribution is 5.29. The second-order valence-electron chi connectivity index (χ2n) is 17.5. The average Bonchev–Trinajstić information content (AvgIpc) is 3.44. The number of fused-ring (bicyclic) bond motifs is 10. The zero-order valence-corrected chi connectivity index (χ0v) is 27.4. The normalized spacial score (nSPS) is 52.7. The third-order valence-electron chi connectivity index (χ3n) is 16.1. The first-order valence-corrected chi connectivity index (χ1v) is 18.0. The summed E-state index contributed by atoms with van der Waals surface area (Å²) in [5.74, 6) is 5.28. The molecule has 12 atom stereocenters. The first-order valence-electron chi connectivity index (χ1n) is 18.0. The molecule has 2 N–H and O–H groups in total. The summed E-state index contributed by atoms with van der Waals surface area (Å²) in [4.78, 5) is 0. The lowest BCUT2D eigenvalue weighted by atomic mass is 9.47. The number of allylic oxidation sites excluding steroid dienone is 4. The van der Waals surface area contributed by atoms with Crippen LogP contribution in [0.5, 0.6) is 0 Å². The molecule has 0 heterocycles. The Morgan fingerprint density at radius 1 is 0.500 bits per heavy atom. The summed E-state index contributed by atoms with van der Waals surface area (Å²) >= 11 is 0. The highest BCUT2D eigenvalue weighted by Gasteiger charge is 2.58. The van der Waals surface area contributed by atoms with Gasteiger partial charge >= 0.3 is 0 Å². The van der Waals surface area contributed by atoms with E-state index in [0.29, 0.717) is 21.7 Å². The van der Waals surface area contributed by atoms with Crippen molar-refractivity contribution in [2.45, 2.75) is 143 Å². The van der Waals surface area contributed by atoms with Gasteiger partial charge in [0, 0.05) is 0 Å². The molecule has 0 radical (unpaired) electrons. The average molecular weight is 573 g/mol. The standard InChI is InChI=1S/2C20H30O/c2*1-13-4-7-17-16-6-5-14-12-15(21)8-10-20(14,3)18(16)9-11-19(13,17)2/h2*12,15-18,21H,1,4-11H2,2-3H3/t15-,16+,17+,18+,19-,20+;15-,16-,17-,18-,19+,20-/m10/s1. The largest absolute Gasteiger partial charge is 0.389 e. The van der Waals surface area contributed by atoms with Crippen LogP contribution in [0, 0.1) is 57.2 Å². The second-order valence-corrected chi connectivity index (χ2v) is 17.5. The predicted octanol–water partition coefficient (Wildman–Crippen LogP) is 9.73. The van der Waals surface area contributed by atoms with E-state index in [-0.39, 0.29) is 12.2 Å². The van der Waals surface area contributed by atoms with E-state index >= 15 is 0 Å². The molecular formula is C40H60O2. The Hall–Kier alpha value is -1.12. The van der Waals surface area contributed by atoms with Crippen LogP contribution < -0.4 is 0 Å². The Labute approximate surface area is 257 Å². The minimum atomic E-state index is -0.176. The maximum absolute atomic E-state index is 10.00. The van der Waals surface area contributed by atoms with Gasteiger partial charge in [-0.25, -0.2) is 0 Å². The molecule has 8 aliphatic carbocycles. The van der Waals surface area contributed by atoms with Crippen molar-refractivity contribution in [1.29, 1.82) is 0 Å². The fourth-order valence-corrected chi connectivity index (χ4v) is 13.2. The van der Waals surface area contributed by atoms with E-state index in [4.69, 9.17) is 0 Å². The smallest absolute Gasteiger partial charge is 0.0724 e. The molecule has 0 aromatic rings. The lowest BCUT2D eigenvalue weighted by Gasteiger charge is -2.58. The summed E-state index contributed by atoms with van der Waals surface area (Å²) in [6.45, 7) is 18.8. The lowest BCUT2D eigenvalue weighted by Crippen LogP contribution is -2.49. The topological polar surface area (TPSA) is 40.5 Å². The number of hydrogen-bond donors (Lipinski definition) is 2. The number of hydrogen-bond acceptors (Lipinski definition) is 2. The second kappa shape index (κ2) is 10.2. The highest BCUT2D eigenvalue weighted by atomic mass is 16.3. The van der Waals surface area contributed by atoms with Gasteiger partial charge in [-0.15, -0.1) is 0 Å². The van der Waals surface area contributed by atoms with Gasteiger partial charge in [-0.1, -0.05) is 75.3 Å². The predicted molar refractivity (Wildman–Crippen MR) is 174 cm³/mol. The van der Waals surface area contributed by atoms with Gasteiger partial charge in [0.15, 0.2) is 0 Å². The van der Waals surface area contributed by atoms with E-state index in [9.17, 15) is 10.2 Å². The molecule has 0 amide bonds. The van der Waals surface area contributed by atoms with Gasteiger partial charge in [-0.3, -0.25) is 0 Å². The fourth-order valence-electron chi connectivity index (χ4n) is 13.2. The van der Waals surface area contributed by atoms with Gasteiger partial charge in [0.05, 0.1) is 12.2 Å². The van der Waals surface area contributed by atoms with Crippen LogP contribution in [0.3, 0.4) is 0 Å². The zero-order valence-electron chi connectivity index (χ0n) is 27.4. The summed E-state index contributed by atoms with van der Waals surface area (Å²) < 4.78 is 0. The van der Waals surface area contributed by atoms with Crippen molar-refractivity contribution in [2.75, 3.05) is 0 Å². The molecule has 6 fully saturated rings. The quantitative estimate of drug-likeness (QED) is 0.284. The summed E-state index contributed by atoms with van der Waals surface area (Å²) in [7, 11) is 0. The van der Waals surface area contributed by atoms with Crippen LogP contribution in [0.15, 0.2) is 47.6 Å². The van der Waals surface area contributed by atoms with Crippen molar-refractivity contribution >= 4 is 0 Å². The SMILES string of the molecule is C=C1CC[C@H]2[C@@H]3CCC4=C[C@@H](O)CC[C@]4(C)[C@H]3CC[C@]12C.C=C1CC[C@H]2[C@@H]3CCC4=C[C@H](O)CC[C@]4(C)[C@H]3CC[C@]12C. The molecule has 2 heteroatoms. The summed E-state index contributed by atoms with van der Waals surface area (Å²) in [6, 6.07) is 0. The van der Waals surface area contributed by atoms with E-state index in [1.165, 1.54) is 101 Å². The first-order chi connectivity index (χ1) is 19.9. The van der Waals surface area contributed by atoms with Crippen LogP contribution >= 0.6 is 0 Å².